The van der Waals surface area contributed by atoms with Crippen molar-refractivity contribution in [1.82, 2.24) is 0 Å². The molecule has 1 rings (SSSR count). The molecule has 1 aromatic rings. The zero-order valence-corrected chi connectivity index (χ0v) is 11.3. The molecule has 1 unspecified atom stereocenters. The molecule has 0 aliphatic rings. The Balaban J connectivity index is 2.95. The summed E-state index contributed by atoms with van der Waals surface area (Å²) in [5, 5.41) is 9.64. The van der Waals surface area contributed by atoms with Crippen LogP contribution in [0.5, 0.6) is 0 Å². The number of rotatable bonds is 4. The molecule has 0 aliphatic carbocycles. The number of sulfone groups is 1. The van der Waals surface area contributed by atoms with Crippen molar-refractivity contribution in [3.05, 3.63) is 29.8 Å². The third kappa shape index (κ3) is 3.70. The summed E-state index contributed by atoms with van der Waals surface area (Å²) in [5.74, 6) is 0.0126. The van der Waals surface area contributed by atoms with E-state index < -0.39 is 26.3 Å². The van der Waals surface area contributed by atoms with E-state index in [2.05, 4.69) is 0 Å². The molecule has 0 heterocycles. The molecular weight excluding hydrogens is 281 g/mol. The second kappa shape index (κ2) is 5.50. The van der Waals surface area contributed by atoms with E-state index in [1.54, 1.807) is 0 Å². The van der Waals surface area contributed by atoms with E-state index >= 15 is 0 Å². The lowest BCUT2D eigenvalue weighted by Crippen LogP contribution is -2.23. The number of aliphatic hydroxyl groups is 1. The lowest BCUT2D eigenvalue weighted by atomic mass is 9.99. The van der Waals surface area contributed by atoms with Gasteiger partial charge in [0.25, 0.3) is 9.84 Å². The Morgan fingerprint density at radius 3 is 2.00 bits per heavy atom. The molecule has 1 atom stereocenters. The van der Waals surface area contributed by atoms with E-state index in [-0.39, 0.29) is 12.3 Å². The number of benzene rings is 1. The van der Waals surface area contributed by atoms with Crippen LogP contribution in [0, 0.1) is 5.92 Å². The molecule has 19 heavy (non-hydrogen) atoms. The van der Waals surface area contributed by atoms with Crippen LogP contribution in [0.15, 0.2) is 29.2 Å². The van der Waals surface area contributed by atoms with E-state index in [1.807, 2.05) is 13.8 Å². The molecule has 0 amide bonds. The Kier molecular flexibility index (Phi) is 4.63. The maximum Gasteiger partial charge on any atom is 0.501 e. The summed E-state index contributed by atoms with van der Waals surface area (Å²) in [6.45, 7) is 3.63. The van der Waals surface area contributed by atoms with Gasteiger partial charge in [-0.2, -0.15) is 13.2 Å². The van der Waals surface area contributed by atoms with Gasteiger partial charge in [-0.3, -0.25) is 0 Å². The first-order valence-corrected chi connectivity index (χ1v) is 7.12. The van der Waals surface area contributed by atoms with Gasteiger partial charge < -0.3 is 5.11 Å². The molecule has 7 heteroatoms. The standard InChI is InChI=1S/C12H15F3O3S/c1-8(2)11(16)7-9-3-5-10(6-4-9)19(17,18)12(13,14)15/h3-6,8,11,16H,7H2,1-2H3. The van der Waals surface area contributed by atoms with Crippen LogP contribution in [-0.2, 0) is 16.3 Å². The molecular formula is C12H15F3O3S. The summed E-state index contributed by atoms with van der Waals surface area (Å²) in [6, 6.07) is 4.38. The predicted octanol–water partition coefficient (Wildman–Crippen LogP) is 2.54. The zero-order valence-electron chi connectivity index (χ0n) is 10.5. The summed E-state index contributed by atoms with van der Waals surface area (Å²) in [5.41, 5.74) is -4.71. The molecule has 0 radical (unpaired) electrons. The third-order valence-electron chi connectivity index (χ3n) is 2.75. The summed E-state index contributed by atoms with van der Waals surface area (Å²) in [4.78, 5) is -0.789. The maximum atomic E-state index is 12.3. The smallest absolute Gasteiger partial charge is 0.393 e. The molecule has 0 bridgehead atoms. The molecule has 0 fully saturated rings. The molecule has 0 spiro atoms. The van der Waals surface area contributed by atoms with Crippen molar-refractivity contribution in [3.63, 3.8) is 0 Å². The van der Waals surface area contributed by atoms with Crippen molar-refractivity contribution in [2.75, 3.05) is 0 Å². The monoisotopic (exact) mass is 296 g/mol. The van der Waals surface area contributed by atoms with E-state index in [9.17, 15) is 26.7 Å². The Bertz CT molecular complexity index is 518. The number of alkyl halides is 3. The number of halogens is 3. The average molecular weight is 296 g/mol. The van der Waals surface area contributed by atoms with E-state index in [4.69, 9.17) is 0 Å². The lowest BCUT2D eigenvalue weighted by molar-refractivity contribution is -0.0436. The van der Waals surface area contributed by atoms with Gasteiger partial charge in [-0.05, 0) is 30.0 Å². The Labute approximate surface area is 110 Å². The molecule has 0 saturated carbocycles. The van der Waals surface area contributed by atoms with Gasteiger partial charge in [-0.1, -0.05) is 26.0 Å². The van der Waals surface area contributed by atoms with E-state index in [0.717, 1.165) is 12.1 Å². The molecule has 108 valence electrons. The SMILES string of the molecule is CC(C)C(O)Cc1ccc(S(=O)(=O)C(F)(F)F)cc1. The first-order chi connectivity index (χ1) is 8.55. The summed E-state index contributed by atoms with van der Waals surface area (Å²) in [7, 11) is -5.30. The third-order valence-corrected chi connectivity index (χ3v) is 4.25. The van der Waals surface area contributed by atoms with Crippen LogP contribution in [0.2, 0.25) is 0 Å². The highest BCUT2D eigenvalue weighted by Gasteiger charge is 2.46. The first-order valence-electron chi connectivity index (χ1n) is 5.64. The lowest BCUT2D eigenvalue weighted by Gasteiger charge is -2.14. The molecule has 0 saturated heterocycles. The highest BCUT2D eigenvalue weighted by Crippen LogP contribution is 2.30. The fraction of sp³-hybridized carbons (Fsp3) is 0.500. The minimum Gasteiger partial charge on any atom is -0.393 e. The van der Waals surface area contributed by atoms with E-state index in [1.165, 1.54) is 12.1 Å². The summed E-state index contributed by atoms with van der Waals surface area (Å²) in [6.07, 6.45) is -0.352. The van der Waals surface area contributed by atoms with Crippen molar-refractivity contribution in [1.29, 1.82) is 0 Å². The van der Waals surface area contributed by atoms with Crippen molar-refractivity contribution in [2.45, 2.75) is 36.8 Å². The summed E-state index contributed by atoms with van der Waals surface area (Å²) < 4.78 is 59.2. The number of hydrogen-bond donors (Lipinski definition) is 1. The second-order valence-electron chi connectivity index (χ2n) is 4.61. The minimum absolute atomic E-state index is 0.0126. The molecule has 0 aliphatic heterocycles. The van der Waals surface area contributed by atoms with Gasteiger partial charge in [0.1, 0.15) is 0 Å². The molecule has 1 N–H and O–H groups in total. The van der Waals surface area contributed by atoms with Crippen LogP contribution in [0.25, 0.3) is 0 Å². The minimum atomic E-state index is -5.30. The fourth-order valence-electron chi connectivity index (χ4n) is 1.42. The van der Waals surface area contributed by atoms with Crippen molar-refractivity contribution >= 4 is 9.84 Å². The Morgan fingerprint density at radius 1 is 1.16 bits per heavy atom. The molecule has 0 aromatic heterocycles. The van der Waals surface area contributed by atoms with Gasteiger partial charge in [-0.15, -0.1) is 0 Å². The van der Waals surface area contributed by atoms with Crippen LogP contribution < -0.4 is 0 Å². The number of aliphatic hydroxyl groups excluding tert-OH is 1. The van der Waals surface area contributed by atoms with Crippen molar-refractivity contribution in [2.24, 2.45) is 5.92 Å². The number of hydrogen-bond acceptors (Lipinski definition) is 3. The quantitative estimate of drug-likeness (QED) is 0.929. The van der Waals surface area contributed by atoms with Gasteiger partial charge in [0.15, 0.2) is 0 Å². The Hall–Kier alpha value is -1.08. The van der Waals surface area contributed by atoms with Gasteiger partial charge >= 0.3 is 5.51 Å². The van der Waals surface area contributed by atoms with Crippen LogP contribution >= 0.6 is 0 Å². The van der Waals surface area contributed by atoms with Crippen LogP contribution in [0.4, 0.5) is 13.2 Å². The molecule has 1 aromatic carbocycles. The Morgan fingerprint density at radius 2 is 1.63 bits per heavy atom. The second-order valence-corrected chi connectivity index (χ2v) is 6.55. The normalized spacial score (nSPS) is 14.7. The van der Waals surface area contributed by atoms with Crippen LogP contribution in [0.1, 0.15) is 19.4 Å². The van der Waals surface area contributed by atoms with Gasteiger partial charge in [0.05, 0.1) is 11.0 Å². The predicted molar refractivity (Wildman–Crippen MR) is 64.2 cm³/mol. The van der Waals surface area contributed by atoms with Gasteiger partial charge in [0.2, 0.25) is 0 Å². The molecule has 3 nitrogen and oxygen atoms in total. The topological polar surface area (TPSA) is 54.4 Å². The van der Waals surface area contributed by atoms with Crippen molar-refractivity contribution in [3.8, 4) is 0 Å². The van der Waals surface area contributed by atoms with Gasteiger partial charge in [-0.25, -0.2) is 8.42 Å². The zero-order chi connectivity index (χ0) is 14.8. The van der Waals surface area contributed by atoms with Crippen LogP contribution in [0.3, 0.4) is 0 Å². The van der Waals surface area contributed by atoms with E-state index in [0.29, 0.717) is 5.56 Å². The summed E-state index contributed by atoms with van der Waals surface area (Å²) >= 11 is 0. The largest absolute Gasteiger partial charge is 0.501 e. The first kappa shape index (κ1) is 16.0. The highest BCUT2D eigenvalue weighted by molar-refractivity contribution is 7.92. The average Bonchev–Trinajstić information content (AvgIpc) is 2.28. The van der Waals surface area contributed by atoms with Crippen LogP contribution in [-0.4, -0.2) is 25.1 Å². The fourth-order valence-corrected chi connectivity index (χ4v) is 2.18. The van der Waals surface area contributed by atoms with Crippen molar-refractivity contribution < 1.29 is 26.7 Å². The van der Waals surface area contributed by atoms with Gasteiger partial charge in [0, 0.05) is 0 Å². The highest BCUT2D eigenvalue weighted by atomic mass is 32.2. The maximum absolute atomic E-state index is 12.3.